The summed E-state index contributed by atoms with van der Waals surface area (Å²) in [5, 5.41) is 3.61. The zero-order valence-electron chi connectivity index (χ0n) is 13.4. The monoisotopic (exact) mass is 286 g/mol. The number of benzene rings is 1. The third-order valence-corrected chi connectivity index (χ3v) is 5.26. The molecule has 2 unspecified atom stereocenters. The van der Waals surface area contributed by atoms with Gasteiger partial charge in [-0.1, -0.05) is 49.6 Å². The van der Waals surface area contributed by atoms with Crippen molar-refractivity contribution in [1.29, 1.82) is 0 Å². The smallest absolute Gasteiger partial charge is 0.244 e. The number of nitrogens with one attached hydrogen (secondary N) is 1. The normalized spacial score (nSPS) is 30.3. The highest BCUT2D eigenvalue weighted by Gasteiger charge is 2.49. The fraction of sp³-hybridized carbons (Fsp3) is 0.611. The molecule has 21 heavy (non-hydrogen) atoms. The number of carbonyl (C=O) groups is 1. The Bertz CT molecular complexity index is 519. The highest BCUT2D eigenvalue weighted by atomic mass is 16.2. The zero-order valence-corrected chi connectivity index (χ0v) is 13.4. The van der Waals surface area contributed by atoms with E-state index >= 15 is 0 Å². The average Bonchev–Trinajstić information content (AvgIpc) is 3.08. The standard InChI is InChI=1S/C18H26N2O/c1-4-18(3)17(21)20(15-7-5-6-8-15)16(19-18)14-11-9-13(2)10-12-14/h9-12,15-16,19H,4-8H2,1-3H3. The van der Waals surface area contributed by atoms with Crippen molar-refractivity contribution >= 4 is 5.91 Å². The second-order valence-electron chi connectivity index (χ2n) is 6.79. The molecule has 114 valence electrons. The minimum absolute atomic E-state index is 0.0335. The lowest BCUT2D eigenvalue weighted by molar-refractivity contribution is -0.135. The SMILES string of the molecule is CCC1(C)NC(c2ccc(C)cc2)N(C2CCCC2)C1=O. The van der Waals surface area contributed by atoms with Gasteiger partial charge in [-0.3, -0.25) is 10.1 Å². The molecule has 3 nitrogen and oxygen atoms in total. The molecule has 0 spiro atoms. The minimum Gasteiger partial charge on any atom is -0.318 e. The predicted octanol–water partition coefficient (Wildman–Crippen LogP) is 3.54. The summed E-state index contributed by atoms with van der Waals surface area (Å²) in [4.78, 5) is 15.1. The van der Waals surface area contributed by atoms with E-state index in [0.29, 0.717) is 6.04 Å². The quantitative estimate of drug-likeness (QED) is 0.922. The van der Waals surface area contributed by atoms with Crippen LogP contribution in [0.15, 0.2) is 24.3 Å². The highest BCUT2D eigenvalue weighted by Crippen LogP contribution is 2.38. The summed E-state index contributed by atoms with van der Waals surface area (Å²) in [6, 6.07) is 8.99. The van der Waals surface area contributed by atoms with Crippen LogP contribution in [0.25, 0.3) is 0 Å². The van der Waals surface area contributed by atoms with Crippen LogP contribution in [0.1, 0.15) is 63.2 Å². The first-order valence-electron chi connectivity index (χ1n) is 8.22. The lowest BCUT2D eigenvalue weighted by Gasteiger charge is -2.30. The lowest BCUT2D eigenvalue weighted by atomic mass is 9.99. The molecule has 1 aromatic rings. The van der Waals surface area contributed by atoms with Crippen molar-refractivity contribution in [2.45, 2.75) is 70.6 Å². The first kappa shape index (κ1) is 14.6. The molecular weight excluding hydrogens is 260 g/mol. The summed E-state index contributed by atoms with van der Waals surface area (Å²) in [6.45, 7) is 6.24. The molecule has 3 heteroatoms. The number of hydrogen-bond acceptors (Lipinski definition) is 2. The number of aryl methyl sites for hydroxylation is 1. The van der Waals surface area contributed by atoms with Gasteiger partial charge in [-0.2, -0.15) is 0 Å². The minimum atomic E-state index is -0.419. The Labute approximate surface area is 127 Å². The highest BCUT2D eigenvalue weighted by molar-refractivity contribution is 5.89. The van der Waals surface area contributed by atoms with E-state index in [-0.39, 0.29) is 12.1 Å². The summed E-state index contributed by atoms with van der Waals surface area (Å²) in [6.07, 6.45) is 5.66. The first-order chi connectivity index (χ1) is 10.0. The largest absolute Gasteiger partial charge is 0.318 e. The molecule has 2 atom stereocenters. The van der Waals surface area contributed by atoms with Crippen molar-refractivity contribution in [3.05, 3.63) is 35.4 Å². The van der Waals surface area contributed by atoms with Crippen molar-refractivity contribution in [3.63, 3.8) is 0 Å². The maximum Gasteiger partial charge on any atom is 0.244 e. The molecule has 2 aliphatic rings. The van der Waals surface area contributed by atoms with Crippen LogP contribution in [0.5, 0.6) is 0 Å². The Kier molecular flexibility index (Phi) is 3.78. The molecule has 1 amide bonds. The maximum atomic E-state index is 13.0. The van der Waals surface area contributed by atoms with Crippen molar-refractivity contribution in [2.75, 3.05) is 0 Å². The summed E-state index contributed by atoms with van der Waals surface area (Å²) in [5.41, 5.74) is 2.05. The Morgan fingerprint density at radius 2 is 1.86 bits per heavy atom. The van der Waals surface area contributed by atoms with E-state index in [1.807, 2.05) is 6.92 Å². The van der Waals surface area contributed by atoms with Crippen LogP contribution < -0.4 is 5.32 Å². The van der Waals surface area contributed by atoms with Gasteiger partial charge in [0.2, 0.25) is 5.91 Å². The Morgan fingerprint density at radius 3 is 2.43 bits per heavy atom. The van der Waals surface area contributed by atoms with Crippen LogP contribution in [0, 0.1) is 6.92 Å². The molecule has 1 heterocycles. The maximum absolute atomic E-state index is 13.0. The van der Waals surface area contributed by atoms with Gasteiger partial charge in [-0.05, 0) is 38.7 Å². The molecular formula is C18H26N2O. The van der Waals surface area contributed by atoms with Gasteiger partial charge < -0.3 is 4.90 Å². The van der Waals surface area contributed by atoms with E-state index in [2.05, 4.69) is 48.3 Å². The number of hydrogen-bond donors (Lipinski definition) is 1. The van der Waals surface area contributed by atoms with Gasteiger partial charge in [-0.25, -0.2) is 0 Å². The predicted molar refractivity (Wildman–Crippen MR) is 84.9 cm³/mol. The topological polar surface area (TPSA) is 32.3 Å². The molecule has 0 radical (unpaired) electrons. The van der Waals surface area contributed by atoms with Crippen molar-refractivity contribution in [2.24, 2.45) is 0 Å². The molecule has 2 fully saturated rings. The van der Waals surface area contributed by atoms with E-state index in [1.165, 1.54) is 24.0 Å². The number of carbonyl (C=O) groups excluding carboxylic acids is 1. The van der Waals surface area contributed by atoms with E-state index < -0.39 is 5.54 Å². The third kappa shape index (κ3) is 2.48. The Balaban J connectivity index is 1.95. The van der Waals surface area contributed by atoms with E-state index in [4.69, 9.17) is 0 Å². The van der Waals surface area contributed by atoms with Crippen LogP contribution in [0.2, 0.25) is 0 Å². The zero-order chi connectivity index (χ0) is 15.0. The fourth-order valence-electron chi connectivity index (χ4n) is 3.64. The van der Waals surface area contributed by atoms with Crippen LogP contribution in [-0.2, 0) is 4.79 Å². The second kappa shape index (κ2) is 5.45. The molecule has 1 aliphatic heterocycles. The van der Waals surface area contributed by atoms with Gasteiger partial charge in [0.25, 0.3) is 0 Å². The van der Waals surface area contributed by atoms with E-state index in [1.54, 1.807) is 0 Å². The first-order valence-corrected chi connectivity index (χ1v) is 8.22. The van der Waals surface area contributed by atoms with Gasteiger partial charge in [0.15, 0.2) is 0 Å². The summed E-state index contributed by atoms with van der Waals surface area (Å²) in [7, 11) is 0. The number of amides is 1. The number of nitrogens with zero attached hydrogens (tertiary/aromatic N) is 1. The third-order valence-electron chi connectivity index (χ3n) is 5.26. The van der Waals surface area contributed by atoms with Gasteiger partial charge in [0.05, 0.1) is 5.54 Å². The van der Waals surface area contributed by atoms with Crippen molar-refractivity contribution < 1.29 is 4.79 Å². The average molecular weight is 286 g/mol. The Morgan fingerprint density at radius 1 is 1.24 bits per heavy atom. The van der Waals surface area contributed by atoms with Gasteiger partial charge in [-0.15, -0.1) is 0 Å². The van der Waals surface area contributed by atoms with Crippen molar-refractivity contribution in [3.8, 4) is 0 Å². The van der Waals surface area contributed by atoms with Crippen molar-refractivity contribution in [1.82, 2.24) is 10.2 Å². The van der Waals surface area contributed by atoms with Gasteiger partial charge >= 0.3 is 0 Å². The Hall–Kier alpha value is -1.35. The fourth-order valence-corrected chi connectivity index (χ4v) is 3.64. The summed E-state index contributed by atoms with van der Waals surface area (Å²) < 4.78 is 0. The molecule has 1 saturated heterocycles. The van der Waals surface area contributed by atoms with Crippen LogP contribution in [-0.4, -0.2) is 22.4 Å². The summed E-state index contributed by atoms with van der Waals surface area (Å²) >= 11 is 0. The molecule has 0 bridgehead atoms. The summed E-state index contributed by atoms with van der Waals surface area (Å²) in [5.74, 6) is 0.280. The molecule has 1 aliphatic carbocycles. The molecule has 1 saturated carbocycles. The van der Waals surface area contributed by atoms with E-state index in [9.17, 15) is 4.79 Å². The molecule has 3 rings (SSSR count). The van der Waals surface area contributed by atoms with E-state index in [0.717, 1.165) is 19.3 Å². The second-order valence-corrected chi connectivity index (χ2v) is 6.79. The lowest BCUT2D eigenvalue weighted by Crippen LogP contribution is -2.44. The van der Waals surface area contributed by atoms with Gasteiger partial charge in [0.1, 0.15) is 6.17 Å². The van der Waals surface area contributed by atoms with Crippen LogP contribution in [0.4, 0.5) is 0 Å². The van der Waals surface area contributed by atoms with Crippen LogP contribution in [0.3, 0.4) is 0 Å². The molecule has 1 N–H and O–H groups in total. The number of rotatable bonds is 3. The molecule has 1 aromatic carbocycles. The molecule has 0 aromatic heterocycles. The van der Waals surface area contributed by atoms with Gasteiger partial charge in [0, 0.05) is 6.04 Å². The van der Waals surface area contributed by atoms with Crippen LogP contribution >= 0.6 is 0 Å².